The van der Waals surface area contributed by atoms with Crippen molar-refractivity contribution in [1.29, 1.82) is 0 Å². The first-order valence-electron chi connectivity index (χ1n) is 23.0. The summed E-state index contributed by atoms with van der Waals surface area (Å²) in [7, 11) is -2.80. The molecule has 0 unspecified atom stereocenters. The molecule has 3 heterocycles. The van der Waals surface area contributed by atoms with Crippen LogP contribution in [0.4, 0.5) is 17.1 Å². The van der Waals surface area contributed by atoms with E-state index in [0.29, 0.717) is 17.8 Å². The van der Waals surface area contributed by atoms with Crippen LogP contribution in [-0.2, 0) is 0 Å². The average Bonchev–Trinajstić information content (AvgIpc) is 3.64. The van der Waals surface area contributed by atoms with E-state index >= 15 is 0 Å². The van der Waals surface area contributed by atoms with Crippen molar-refractivity contribution in [1.82, 2.24) is 4.57 Å². The molecule has 8 aromatic carbocycles. The van der Waals surface area contributed by atoms with E-state index in [2.05, 4.69) is 235 Å². The molecule has 1 aromatic heterocycles. The molecule has 0 spiro atoms. The highest BCUT2D eigenvalue weighted by molar-refractivity contribution is 7.21. The number of rotatable bonds is 7. The van der Waals surface area contributed by atoms with Crippen LogP contribution in [0.2, 0.25) is 0 Å². The Morgan fingerprint density at radius 3 is 1.59 bits per heavy atom. The molecule has 0 aliphatic carbocycles. The van der Waals surface area contributed by atoms with Crippen molar-refractivity contribution in [2.75, 3.05) is 4.90 Å². The number of fused-ring (bicyclic) bond motifs is 7. The summed E-state index contributed by atoms with van der Waals surface area (Å²) in [6.07, 6.45) is 0. The maximum absolute atomic E-state index is 2.80. The van der Waals surface area contributed by atoms with Crippen LogP contribution in [-0.4, -0.2) is 19.4 Å². The molecule has 0 N–H and O–H groups in total. The molecule has 0 fully saturated rings. The summed E-state index contributed by atoms with van der Waals surface area (Å²) < 4.78 is 2.60. The number of para-hydroxylation sites is 2. The first kappa shape index (κ1) is 39.5. The third-order valence-corrected chi connectivity index (χ3v) is 19.2. The summed E-state index contributed by atoms with van der Waals surface area (Å²) >= 11 is 0. The van der Waals surface area contributed by atoms with E-state index in [9.17, 15) is 0 Å². The van der Waals surface area contributed by atoms with Crippen LogP contribution in [0.3, 0.4) is 0 Å². The van der Waals surface area contributed by atoms with Crippen LogP contribution in [0.25, 0.3) is 27.5 Å². The molecular weight excluding hydrogens is 776 g/mol. The largest absolute Gasteiger partial charge is 0.311 e. The molecule has 2 aliphatic rings. The molecule has 63 heavy (non-hydrogen) atoms. The molecule has 0 atom stereocenters. The maximum Gasteiger partial charge on any atom is 0.247 e. The molecule has 0 radical (unpaired) electrons. The highest BCUT2D eigenvalue weighted by Gasteiger charge is 2.49. The van der Waals surface area contributed by atoms with Crippen molar-refractivity contribution >= 4 is 90.8 Å². The van der Waals surface area contributed by atoms with Crippen molar-refractivity contribution < 1.29 is 0 Å². The zero-order chi connectivity index (χ0) is 43.3. The van der Waals surface area contributed by atoms with Crippen LogP contribution in [0, 0.1) is 13.8 Å². The van der Waals surface area contributed by atoms with E-state index in [0.717, 1.165) is 0 Å². The fourth-order valence-corrected chi connectivity index (χ4v) is 16.8. The van der Waals surface area contributed by atoms with E-state index < -0.39 is 8.07 Å². The molecule has 308 valence electrons. The molecule has 4 heteroatoms. The van der Waals surface area contributed by atoms with Gasteiger partial charge in [-0.3, -0.25) is 0 Å². The predicted molar refractivity (Wildman–Crippen MR) is 275 cm³/mol. The third-order valence-electron chi connectivity index (χ3n) is 14.3. The fourth-order valence-electron chi connectivity index (χ4n) is 11.5. The van der Waals surface area contributed by atoms with E-state index in [-0.39, 0.29) is 6.71 Å². The van der Waals surface area contributed by atoms with Gasteiger partial charge in [0.05, 0.1) is 5.52 Å². The van der Waals surface area contributed by atoms with Gasteiger partial charge in [-0.1, -0.05) is 198 Å². The summed E-state index contributed by atoms with van der Waals surface area (Å²) in [4.78, 5) is 2.59. The summed E-state index contributed by atoms with van der Waals surface area (Å²) in [5.74, 6) is 1.20. The monoisotopic (exact) mass is 830 g/mol. The van der Waals surface area contributed by atoms with Crippen molar-refractivity contribution in [2.45, 2.75) is 73.1 Å². The van der Waals surface area contributed by atoms with Gasteiger partial charge in [-0.2, -0.15) is 0 Å². The number of hydrogen-bond donors (Lipinski definition) is 0. The SMILES string of the molecule is Cc1ccc2c(c1)[Si](c1ccccc1)(c1ccccc1)c1cc(C)ccc1N2c1ccc2c(c1)-n1c3ccccc3c3cccc(c31)B2c1c(C(C)C)cc(C(C)C)cc1C(C)C. The van der Waals surface area contributed by atoms with Crippen LogP contribution in [0.15, 0.2) is 170 Å². The number of aryl methyl sites for hydroxylation is 2. The van der Waals surface area contributed by atoms with Crippen LogP contribution in [0.1, 0.15) is 87.1 Å². The Bertz CT molecular complexity index is 3130. The Hall–Kier alpha value is -6.36. The van der Waals surface area contributed by atoms with Gasteiger partial charge in [0.15, 0.2) is 8.07 Å². The van der Waals surface area contributed by atoms with Gasteiger partial charge in [0.2, 0.25) is 6.71 Å². The molecule has 11 rings (SSSR count). The molecule has 9 aromatic rings. The van der Waals surface area contributed by atoms with Gasteiger partial charge < -0.3 is 9.47 Å². The summed E-state index contributed by atoms with van der Waals surface area (Å²) in [6, 6.07) is 65.9. The van der Waals surface area contributed by atoms with Crippen LogP contribution >= 0.6 is 0 Å². The quantitative estimate of drug-likeness (QED) is 0.145. The number of aromatic nitrogens is 1. The Kier molecular flexibility index (Phi) is 9.33. The predicted octanol–water partition coefficient (Wildman–Crippen LogP) is 10.8. The number of benzene rings is 8. The lowest BCUT2D eigenvalue weighted by Gasteiger charge is -2.45. The number of hydrogen-bond acceptors (Lipinski definition) is 1. The lowest BCUT2D eigenvalue weighted by Crippen LogP contribution is -2.77. The first-order valence-corrected chi connectivity index (χ1v) is 25.0. The van der Waals surface area contributed by atoms with E-state index in [4.69, 9.17) is 0 Å². The Morgan fingerprint density at radius 2 is 1.02 bits per heavy atom. The lowest BCUT2D eigenvalue weighted by molar-refractivity contribution is 0.812. The van der Waals surface area contributed by atoms with Gasteiger partial charge in [-0.05, 0) is 110 Å². The number of nitrogens with zero attached hydrogens (tertiary/aromatic N) is 2. The minimum Gasteiger partial charge on any atom is -0.311 e. The molecular formula is C59H55BN2Si. The van der Waals surface area contributed by atoms with Crippen LogP contribution in [0.5, 0.6) is 0 Å². The van der Waals surface area contributed by atoms with Crippen molar-refractivity contribution in [3.05, 3.63) is 198 Å². The zero-order valence-corrected chi connectivity index (χ0v) is 38.9. The second-order valence-corrected chi connectivity index (χ2v) is 22.9. The second kappa shape index (κ2) is 14.9. The van der Waals surface area contributed by atoms with Crippen LogP contribution < -0.4 is 42.0 Å². The minimum atomic E-state index is -2.80. The van der Waals surface area contributed by atoms with Gasteiger partial charge >= 0.3 is 0 Å². The maximum atomic E-state index is 2.60. The molecule has 0 bridgehead atoms. The molecule has 2 aliphatic heterocycles. The standard InChI is InChI=1S/C59H55BN2Si/c1-37(2)42-34-48(38(3)4)58(49(35-42)39(5)6)60-50-29-28-43(36-55(50)62-52-25-16-15-22-46(52)47-23-17-24-51(60)59(47)62)61-53-30-26-40(7)32-56(53)63(44-18-11-9-12-19-44,45-20-13-10-14-21-45)57-33-41(8)27-31-54(57)61/h9-39H,1-8H3. The highest BCUT2D eigenvalue weighted by Crippen LogP contribution is 2.42. The Balaban J connectivity index is 1.24. The van der Waals surface area contributed by atoms with E-state index in [1.54, 1.807) is 0 Å². The van der Waals surface area contributed by atoms with Crippen molar-refractivity contribution in [3.63, 3.8) is 0 Å². The van der Waals surface area contributed by atoms with E-state index in [1.165, 1.54) is 110 Å². The lowest BCUT2D eigenvalue weighted by atomic mass is 9.33. The first-order chi connectivity index (χ1) is 30.6. The summed E-state index contributed by atoms with van der Waals surface area (Å²) in [5, 5.41) is 8.30. The summed E-state index contributed by atoms with van der Waals surface area (Å²) in [6.45, 7) is 18.8. The topological polar surface area (TPSA) is 8.17 Å². The van der Waals surface area contributed by atoms with Gasteiger partial charge in [-0.25, -0.2) is 0 Å². The normalized spacial score (nSPS) is 13.9. The molecule has 0 saturated heterocycles. The Morgan fingerprint density at radius 1 is 0.460 bits per heavy atom. The van der Waals surface area contributed by atoms with Gasteiger partial charge in [-0.15, -0.1) is 0 Å². The molecule has 0 saturated carbocycles. The van der Waals surface area contributed by atoms with Crippen molar-refractivity contribution in [3.8, 4) is 5.69 Å². The van der Waals surface area contributed by atoms with Crippen molar-refractivity contribution in [2.24, 2.45) is 0 Å². The number of anilines is 3. The summed E-state index contributed by atoms with van der Waals surface area (Å²) in [5.41, 5.74) is 18.7. The fraction of sp³-hybridized carbons (Fsp3) is 0.186. The molecule has 2 nitrogen and oxygen atoms in total. The zero-order valence-electron chi connectivity index (χ0n) is 37.9. The molecule has 0 amide bonds. The Labute approximate surface area is 375 Å². The van der Waals surface area contributed by atoms with Gasteiger partial charge in [0, 0.05) is 39.0 Å². The van der Waals surface area contributed by atoms with Gasteiger partial charge in [0.25, 0.3) is 0 Å². The average molecular weight is 831 g/mol. The third kappa shape index (κ3) is 5.84. The minimum absolute atomic E-state index is 0.0769. The smallest absolute Gasteiger partial charge is 0.247 e. The van der Waals surface area contributed by atoms with E-state index in [1.807, 2.05) is 0 Å². The highest BCUT2D eigenvalue weighted by atomic mass is 28.3. The van der Waals surface area contributed by atoms with Gasteiger partial charge in [0.1, 0.15) is 0 Å². The second-order valence-electron chi connectivity index (χ2n) is 19.2.